The van der Waals surface area contributed by atoms with Crippen molar-refractivity contribution in [3.63, 3.8) is 0 Å². The molecule has 0 radical (unpaired) electrons. The van der Waals surface area contributed by atoms with E-state index < -0.39 is 6.10 Å². The number of benzene rings is 1. The first-order valence-corrected chi connectivity index (χ1v) is 5.99. The lowest BCUT2D eigenvalue weighted by atomic mass is 10.2. The molecule has 5 heteroatoms. The van der Waals surface area contributed by atoms with E-state index in [1.807, 2.05) is 23.6 Å². The monoisotopic (exact) mass is 242 g/mol. The first-order valence-electron chi connectivity index (χ1n) is 4.62. The standard InChI is InChI=1S/C10H11ClN2OS/c11-4-7(14)5-12-9-2-1-3-10-8(9)6-15-13-10/h1-3,6-7,12,14H,4-5H2. The average molecular weight is 243 g/mol. The van der Waals surface area contributed by atoms with Gasteiger partial charge in [0.1, 0.15) is 0 Å². The van der Waals surface area contributed by atoms with Crippen LogP contribution in [0, 0.1) is 0 Å². The molecule has 1 unspecified atom stereocenters. The van der Waals surface area contributed by atoms with Gasteiger partial charge in [0.05, 0.1) is 17.5 Å². The van der Waals surface area contributed by atoms with E-state index >= 15 is 0 Å². The van der Waals surface area contributed by atoms with Crippen LogP contribution >= 0.6 is 23.1 Å². The number of hydrogen-bond donors (Lipinski definition) is 2. The second kappa shape index (κ2) is 4.79. The smallest absolute Gasteiger partial charge is 0.0861 e. The second-order valence-corrected chi connectivity index (χ2v) is 4.18. The molecule has 0 bridgehead atoms. The molecule has 1 heterocycles. The van der Waals surface area contributed by atoms with Crippen LogP contribution in [0.15, 0.2) is 23.6 Å². The third kappa shape index (κ3) is 2.40. The number of aromatic nitrogens is 1. The summed E-state index contributed by atoms with van der Waals surface area (Å²) >= 11 is 6.94. The number of fused-ring (bicyclic) bond motifs is 1. The Morgan fingerprint density at radius 2 is 2.40 bits per heavy atom. The summed E-state index contributed by atoms with van der Waals surface area (Å²) in [6.45, 7) is 0.457. The molecule has 1 aromatic heterocycles. The highest BCUT2D eigenvalue weighted by atomic mass is 35.5. The Hall–Kier alpha value is -0.840. The number of halogens is 1. The lowest BCUT2D eigenvalue weighted by molar-refractivity contribution is 0.211. The Morgan fingerprint density at radius 1 is 1.53 bits per heavy atom. The molecule has 0 amide bonds. The Labute approximate surface area is 96.9 Å². The Kier molecular flexibility index (Phi) is 3.41. The lowest BCUT2D eigenvalue weighted by Gasteiger charge is -2.10. The van der Waals surface area contributed by atoms with Crippen molar-refractivity contribution in [1.82, 2.24) is 4.37 Å². The molecule has 1 atom stereocenters. The molecular weight excluding hydrogens is 232 g/mol. The molecule has 0 saturated carbocycles. The van der Waals surface area contributed by atoms with Crippen LogP contribution in [-0.2, 0) is 0 Å². The summed E-state index contributed by atoms with van der Waals surface area (Å²) in [5.74, 6) is 0.241. The van der Waals surface area contributed by atoms with Gasteiger partial charge in [-0.1, -0.05) is 6.07 Å². The van der Waals surface area contributed by atoms with Crippen LogP contribution in [0.5, 0.6) is 0 Å². The highest BCUT2D eigenvalue weighted by Crippen LogP contribution is 2.23. The number of nitrogens with zero attached hydrogens (tertiary/aromatic N) is 1. The summed E-state index contributed by atoms with van der Waals surface area (Å²) < 4.78 is 4.24. The second-order valence-electron chi connectivity index (χ2n) is 3.24. The molecule has 2 aromatic rings. The molecule has 0 aliphatic rings. The molecule has 3 nitrogen and oxygen atoms in total. The van der Waals surface area contributed by atoms with Crippen LogP contribution < -0.4 is 5.32 Å². The summed E-state index contributed by atoms with van der Waals surface area (Å²) in [6, 6.07) is 5.88. The fourth-order valence-electron chi connectivity index (χ4n) is 1.33. The van der Waals surface area contributed by atoms with E-state index in [4.69, 9.17) is 11.6 Å². The molecule has 0 aliphatic heterocycles. The van der Waals surface area contributed by atoms with E-state index in [9.17, 15) is 5.11 Å². The number of alkyl halides is 1. The molecule has 0 spiro atoms. The van der Waals surface area contributed by atoms with E-state index in [1.165, 1.54) is 11.5 Å². The minimum absolute atomic E-state index is 0.241. The van der Waals surface area contributed by atoms with Crippen molar-refractivity contribution in [2.75, 3.05) is 17.7 Å². The largest absolute Gasteiger partial charge is 0.390 e. The van der Waals surface area contributed by atoms with Gasteiger partial charge in [-0.25, -0.2) is 0 Å². The maximum atomic E-state index is 9.33. The maximum absolute atomic E-state index is 9.33. The molecule has 0 aliphatic carbocycles. The zero-order chi connectivity index (χ0) is 10.7. The van der Waals surface area contributed by atoms with Crippen molar-refractivity contribution in [3.8, 4) is 0 Å². The van der Waals surface area contributed by atoms with Gasteiger partial charge >= 0.3 is 0 Å². The Morgan fingerprint density at radius 3 is 3.20 bits per heavy atom. The zero-order valence-electron chi connectivity index (χ0n) is 7.98. The van der Waals surface area contributed by atoms with Crippen molar-refractivity contribution in [2.24, 2.45) is 0 Å². The molecule has 1 aromatic carbocycles. The van der Waals surface area contributed by atoms with Gasteiger partial charge in [0.2, 0.25) is 0 Å². The highest BCUT2D eigenvalue weighted by molar-refractivity contribution is 7.04. The fraction of sp³-hybridized carbons (Fsp3) is 0.300. The van der Waals surface area contributed by atoms with Gasteiger partial charge in [0.25, 0.3) is 0 Å². The molecule has 0 fully saturated rings. The minimum atomic E-state index is -0.520. The van der Waals surface area contributed by atoms with Gasteiger partial charge in [-0.2, -0.15) is 4.37 Å². The van der Waals surface area contributed by atoms with Crippen LogP contribution in [0.2, 0.25) is 0 Å². The molecule has 0 saturated heterocycles. The van der Waals surface area contributed by atoms with E-state index in [0.717, 1.165) is 16.6 Å². The number of nitrogens with one attached hydrogen (secondary N) is 1. The lowest BCUT2D eigenvalue weighted by Crippen LogP contribution is -2.20. The van der Waals surface area contributed by atoms with Gasteiger partial charge < -0.3 is 10.4 Å². The van der Waals surface area contributed by atoms with E-state index in [-0.39, 0.29) is 5.88 Å². The van der Waals surface area contributed by atoms with Gasteiger partial charge in [0.15, 0.2) is 0 Å². The summed E-state index contributed by atoms with van der Waals surface area (Å²) in [4.78, 5) is 0. The first kappa shape index (κ1) is 10.7. The van der Waals surface area contributed by atoms with E-state index in [0.29, 0.717) is 6.54 Å². The van der Waals surface area contributed by atoms with Crippen LogP contribution in [0.25, 0.3) is 10.9 Å². The summed E-state index contributed by atoms with van der Waals surface area (Å²) in [5.41, 5.74) is 1.97. The number of hydrogen-bond acceptors (Lipinski definition) is 4. The molecule has 15 heavy (non-hydrogen) atoms. The summed E-state index contributed by atoms with van der Waals surface area (Å²) in [6.07, 6.45) is -0.520. The van der Waals surface area contributed by atoms with Crippen molar-refractivity contribution in [1.29, 1.82) is 0 Å². The van der Waals surface area contributed by atoms with Crippen LogP contribution in [0.4, 0.5) is 5.69 Å². The Bertz CT molecular complexity index is 446. The quantitative estimate of drug-likeness (QED) is 0.809. The third-order valence-corrected chi connectivity index (χ3v) is 3.11. The van der Waals surface area contributed by atoms with Gasteiger partial charge in [-0.3, -0.25) is 0 Å². The molecular formula is C10H11ClN2OS. The average Bonchev–Trinajstić information content (AvgIpc) is 2.74. The summed E-state index contributed by atoms with van der Waals surface area (Å²) in [5, 5.41) is 15.6. The first-order chi connectivity index (χ1) is 7.31. The number of aliphatic hydroxyl groups excluding tert-OH is 1. The number of anilines is 1. The van der Waals surface area contributed by atoms with Crippen molar-refractivity contribution < 1.29 is 5.11 Å². The normalized spacial score (nSPS) is 12.9. The van der Waals surface area contributed by atoms with Crippen LogP contribution in [0.1, 0.15) is 0 Å². The molecule has 2 N–H and O–H groups in total. The Balaban J connectivity index is 2.17. The van der Waals surface area contributed by atoms with Crippen LogP contribution in [0.3, 0.4) is 0 Å². The SMILES string of the molecule is OC(CCl)CNc1cccc2nscc12. The van der Waals surface area contributed by atoms with E-state index in [2.05, 4.69) is 9.69 Å². The molecule has 2 rings (SSSR count). The zero-order valence-corrected chi connectivity index (χ0v) is 9.55. The number of aliphatic hydroxyl groups is 1. The van der Waals surface area contributed by atoms with Crippen molar-refractivity contribution >= 4 is 39.7 Å². The van der Waals surface area contributed by atoms with Gasteiger partial charge in [-0.15, -0.1) is 11.6 Å². The van der Waals surface area contributed by atoms with Crippen LogP contribution in [-0.4, -0.2) is 28.0 Å². The summed E-state index contributed by atoms with van der Waals surface area (Å²) in [7, 11) is 0. The highest BCUT2D eigenvalue weighted by Gasteiger charge is 2.05. The maximum Gasteiger partial charge on any atom is 0.0861 e. The van der Waals surface area contributed by atoms with Crippen molar-refractivity contribution in [3.05, 3.63) is 23.6 Å². The topological polar surface area (TPSA) is 45.1 Å². The number of rotatable bonds is 4. The van der Waals surface area contributed by atoms with Gasteiger partial charge in [0, 0.05) is 23.0 Å². The van der Waals surface area contributed by atoms with Gasteiger partial charge in [-0.05, 0) is 23.7 Å². The molecule has 80 valence electrons. The fourth-order valence-corrected chi connectivity index (χ4v) is 2.12. The minimum Gasteiger partial charge on any atom is -0.390 e. The predicted octanol–water partition coefficient (Wildman–Crippen LogP) is 2.31. The van der Waals surface area contributed by atoms with Crippen molar-refractivity contribution in [2.45, 2.75) is 6.10 Å². The van der Waals surface area contributed by atoms with E-state index in [1.54, 1.807) is 0 Å². The predicted molar refractivity (Wildman–Crippen MR) is 64.8 cm³/mol. The third-order valence-electron chi connectivity index (χ3n) is 2.11.